The van der Waals surface area contributed by atoms with Gasteiger partial charge in [0.05, 0.1) is 25.7 Å². The number of carbonyl (C=O) groups excluding carboxylic acids is 2. The smallest absolute Gasteiger partial charge is 0.321 e. The highest BCUT2D eigenvalue weighted by Crippen LogP contribution is 2.61. The Kier molecular flexibility index (Phi) is 3.85. The van der Waals surface area contributed by atoms with E-state index >= 15 is 0 Å². The predicted octanol–water partition coefficient (Wildman–Crippen LogP) is 1.83. The van der Waals surface area contributed by atoms with Gasteiger partial charge in [0.25, 0.3) is 0 Å². The van der Waals surface area contributed by atoms with Crippen molar-refractivity contribution >= 4 is 11.9 Å². The Morgan fingerprint density at radius 2 is 2.05 bits per heavy atom. The van der Waals surface area contributed by atoms with E-state index in [-0.39, 0.29) is 5.92 Å². The summed E-state index contributed by atoms with van der Waals surface area (Å²) in [6.07, 6.45) is 4.51. The molecule has 5 heteroatoms. The quantitative estimate of drug-likeness (QED) is 0.445. The largest absolute Gasteiger partial charge is 0.468 e. The highest BCUT2D eigenvalue weighted by molar-refractivity contribution is 5.96. The van der Waals surface area contributed by atoms with E-state index in [4.69, 9.17) is 9.47 Å². The zero-order valence-corrected chi connectivity index (χ0v) is 12.0. The zero-order chi connectivity index (χ0) is 14.9. The molecule has 1 fully saturated rings. The van der Waals surface area contributed by atoms with E-state index in [1.807, 2.05) is 0 Å². The van der Waals surface area contributed by atoms with Gasteiger partial charge in [0.15, 0.2) is 5.92 Å². The first-order valence-corrected chi connectivity index (χ1v) is 6.80. The van der Waals surface area contributed by atoms with Crippen LogP contribution in [-0.4, -0.2) is 26.2 Å². The fourth-order valence-electron chi connectivity index (χ4n) is 3.61. The van der Waals surface area contributed by atoms with Crippen LogP contribution in [0, 0.1) is 34.5 Å². The number of hydrogen-bond donors (Lipinski definition) is 0. The molecule has 2 rings (SSSR count). The van der Waals surface area contributed by atoms with Crippen molar-refractivity contribution in [2.45, 2.75) is 26.2 Å². The van der Waals surface area contributed by atoms with Crippen molar-refractivity contribution in [3.63, 3.8) is 0 Å². The van der Waals surface area contributed by atoms with E-state index in [1.165, 1.54) is 19.8 Å². The molecule has 0 saturated heterocycles. The molecule has 108 valence electrons. The van der Waals surface area contributed by atoms with E-state index in [0.29, 0.717) is 12.3 Å². The van der Waals surface area contributed by atoms with Crippen LogP contribution in [0.15, 0.2) is 11.6 Å². The topological polar surface area (TPSA) is 76.4 Å². The summed E-state index contributed by atoms with van der Waals surface area (Å²) in [5, 5.41) is 9.61. The van der Waals surface area contributed by atoms with Crippen molar-refractivity contribution in [1.29, 1.82) is 5.26 Å². The number of ether oxygens (including phenoxy) is 2. The molecule has 3 unspecified atom stereocenters. The average molecular weight is 277 g/mol. The minimum atomic E-state index is -1.16. The maximum absolute atomic E-state index is 12.0. The SMILES string of the molecule is CCC1=CC2C(C1)CC2(C#N)C(C(=O)OC)C(=O)OC. The van der Waals surface area contributed by atoms with Crippen molar-refractivity contribution in [3.05, 3.63) is 11.6 Å². The third kappa shape index (κ3) is 1.91. The summed E-state index contributed by atoms with van der Waals surface area (Å²) in [7, 11) is 2.45. The number of fused-ring (bicyclic) bond motifs is 1. The van der Waals surface area contributed by atoms with Crippen LogP contribution in [0.5, 0.6) is 0 Å². The van der Waals surface area contributed by atoms with Crippen LogP contribution >= 0.6 is 0 Å². The van der Waals surface area contributed by atoms with Crippen molar-refractivity contribution in [1.82, 2.24) is 0 Å². The summed E-state index contributed by atoms with van der Waals surface area (Å²) in [6, 6.07) is 2.22. The number of nitriles is 1. The Hall–Kier alpha value is -1.83. The number of allylic oxidation sites excluding steroid dienone is 2. The molecule has 0 N–H and O–H groups in total. The predicted molar refractivity (Wildman–Crippen MR) is 70.2 cm³/mol. The first-order valence-electron chi connectivity index (χ1n) is 6.80. The Bertz CT molecular complexity index is 488. The molecule has 3 atom stereocenters. The van der Waals surface area contributed by atoms with Crippen LogP contribution in [0.2, 0.25) is 0 Å². The second-order valence-electron chi connectivity index (χ2n) is 5.50. The normalized spacial score (nSPS) is 30.9. The summed E-state index contributed by atoms with van der Waals surface area (Å²) < 4.78 is 9.42. The molecule has 2 aliphatic rings. The molecule has 0 aromatic rings. The van der Waals surface area contributed by atoms with Gasteiger partial charge in [-0.05, 0) is 25.2 Å². The summed E-state index contributed by atoms with van der Waals surface area (Å²) in [5.74, 6) is -2.21. The first kappa shape index (κ1) is 14.6. The molecular weight excluding hydrogens is 258 g/mol. The highest BCUT2D eigenvalue weighted by Gasteiger charge is 2.64. The van der Waals surface area contributed by atoms with Gasteiger partial charge in [-0.15, -0.1) is 0 Å². The number of rotatable bonds is 4. The summed E-state index contributed by atoms with van der Waals surface area (Å²) in [5.41, 5.74) is 0.285. The average Bonchev–Trinajstić information content (AvgIpc) is 2.81. The Balaban J connectivity index is 2.36. The molecule has 0 radical (unpaired) electrons. The molecule has 1 saturated carbocycles. The van der Waals surface area contributed by atoms with Crippen LogP contribution in [0.4, 0.5) is 0 Å². The third-order valence-electron chi connectivity index (χ3n) is 4.69. The Morgan fingerprint density at radius 1 is 1.45 bits per heavy atom. The highest BCUT2D eigenvalue weighted by atomic mass is 16.5. The first-order chi connectivity index (χ1) is 9.53. The van der Waals surface area contributed by atoms with Gasteiger partial charge in [0.1, 0.15) is 0 Å². The molecule has 20 heavy (non-hydrogen) atoms. The van der Waals surface area contributed by atoms with Gasteiger partial charge in [0, 0.05) is 5.92 Å². The van der Waals surface area contributed by atoms with Crippen LogP contribution in [0.1, 0.15) is 26.2 Å². The van der Waals surface area contributed by atoms with Gasteiger partial charge < -0.3 is 9.47 Å². The monoisotopic (exact) mass is 277 g/mol. The lowest BCUT2D eigenvalue weighted by molar-refractivity contribution is -0.171. The number of methoxy groups -OCH3 is 2. The molecule has 0 bridgehead atoms. The van der Waals surface area contributed by atoms with E-state index in [2.05, 4.69) is 19.1 Å². The van der Waals surface area contributed by atoms with Gasteiger partial charge in [-0.25, -0.2) is 0 Å². The third-order valence-corrected chi connectivity index (χ3v) is 4.69. The fraction of sp³-hybridized carbons (Fsp3) is 0.667. The standard InChI is InChI=1S/C15H19NO4/c1-4-9-5-10-7-15(8-16,11(10)6-9)12(13(17)19-2)14(18)20-3/h6,10-12H,4-5,7H2,1-3H3. The maximum Gasteiger partial charge on any atom is 0.321 e. The molecule has 0 aromatic carbocycles. The molecule has 0 aliphatic heterocycles. The zero-order valence-electron chi connectivity index (χ0n) is 12.0. The lowest BCUT2D eigenvalue weighted by Gasteiger charge is -2.49. The second-order valence-corrected chi connectivity index (χ2v) is 5.50. The van der Waals surface area contributed by atoms with Gasteiger partial charge in [-0.3, -0.25) is 9.59 Å². The molecule has 2 aliphatic carbocycles. The molecule has 0 spiro atoms. The number of nitrogens with zero attached hydrogens (tertiary/aromatic N) is 1. The molecule has 0 amide bonds. The van der Waals surface area contributed by atoms with Crippen molar-refractivity contribution in [2.24, 2.45) is 23.2 Å². The summed E-state index contributed by atoms with van der Waals surface area (Å²) >= 11 is 0. The minimum Gasteiger partial charge on any atom is -0.468 e. The van der Waals surface area contributed by atoms with E-state index in [1.54, 1.807) is 0 Å². The van der Waals surface area contributed by atoms with Crippen molar-refractivity contribution < 1.29 is 19.1 Å². The lowest BCUT2D eigenvalue weighted by Crippen LogP contribution is -2.54. The molecule has 0 aromatic heterocycles. The van der Waals surface area contributed by atoms with Gasteiger partial charge >= 0.3 is 11.9 Å². The minimum absolute atomic E-state index is 0.0503. The number of carbonyl (C=O) groups is 2. The van der Waals surface area contributed by atoms with E-state index in [9.17, 15) is 14.9 Å². The van der Waals surface area contributed by atoms with Gasteiger partial charge in [-0.2, -0.15) is 5.26 Å². The Morgan fingerprint density at radius 3 is 2.50 bits per heavy atom. The fourth-order valence-corrected chi connectivity index (χ4v) is 3.61. The maximum atomic E-state index is 12.0. The van der Waals surface area contributed by atoms with Crippen molar-refractivity contribution in [3.8, 4) is 6.07 Å². The van der Waals surface area contributed by atoms with Gasteiger partial charge in [-0.1, -0.05) is 18.6 Å². The van der Waals surface area contributed by atoms with E-state index < -0.39 is 23.3 Å². The van der Waals surface area contributed by atoms with Crippen LogP contribution in [0.3, 0.4) is 0 Å². The molecule has 5 nitrogen and oxygen atoms in total. The number of esters is 2. The number of hydrogen-bond acceptors (Lipinski definition) is 5. The summed E-state index contributed by atoms with van der Waals surface area (Å²) in [6.45, 7) is 2.07. The van der Waals surface area contributed by atoms with E-state index in [0.717, 1.165) is 12.8 Å². The van der Waals surface area contributed by atoms with Crippen LogP contribution < -0.4 is 0 Å². The second kappa shape index (κ2) is 5.28. The molecule has 0 heterocycles. The van der Waals surface area contributed by atoms with Crippen LogP contribution in [0.25, 0.3) is 0 Å². The van der Waals surface area contributed by atoms with Crippen molar-refractivity contribution in [2.75, 3.05) is 14.2 Å². The summed E-state index contributed by atoms with van der Waals surface area (Å²) in [4.78, 5) is 23.9. The lowest BCUT2D eigenvalue weighted by atomic mass is 9.50. The van der Waals surface area contributed by atoms with Gasteiger partial charge in [0.2, 0.25) is 0 Å². The molecular formula is C15H19NO4. The Labute approximate surface area is 118 Å². The van der Waals surface area contributed by atoms with Crippen LogP contribution in [-0.2, 0) is 19.1 Å².